The first-order valence-corrected chi connectivity index (χ1v) is 4.07. The second-order valence-electron chi connectivity index (χ2n) is 3.24. The number of rotatable bonds is 4. The first kappa shape index (κ1) is 11.9. The van der Waals surface area contributed by atoms with E-state index in [0.29, 0.717) is 0 Å². The molecule has 0 aliphatic rings. The van der Waals surface area contributed by atoms with Crippen molar-refractivity contribution in [1.29, 1.82) is 0 Å². The van der Waals surface area contributed by atoms with Crippen LogP contribution in [0.15, 0.2) is 0 Å². The van der Waals surface area contributed by atoms with Crippen molar-refractivity contribution in [3.8, 4) is 0 Å². The van der Waals surface area contributed by atoms with Crippen LogP contribution in [0.4, 0.5) is 0 Å². The number of hydrogen-bond acceptors (Lipinski definition) is 3. The number of amides is 1. The average molecular weight is 189 g/mol. The lowest BCUT2D eigenvalue weighted by Crippen LogP contribution is -2.47. The fourth-order valence-electron chi connectivity index (χ4n) is 0.787. The first-order chi connectivity index (χ1) is 5.86. The van der Waals surface area contributed by atoms with Crippen LogP contribution in [0.25, 0.3) is 0 Å². The molecular weight excluding hydrogens is 174 g/mol. The van der Waals surface area contributed by atoms with Crippen LogP contribution < -0.4 is 5.32 Å². The van der Waals surface area contributed by atoms with Crippen molar-refractivity contribution < 1.29 is 19.8 Å². The van der Waals surface area contributed by atoms with Crippen LogP contribution >= 0.6 is 0 Å². The highest BCUT2D eigenvalue weighted by molar-refractivity contribution is 5.85. The molecule has 76 valence electrons. The summed E-state index contributed by atoms with van der Waals surface area (Å²) < 4.78 is 0. The van der Waals surface area contributed by atoms with Crippen LogP contribution in [0.1, 0.15) is 20.8 Å². The third kappa shape index (κ3) is 3.89. The molecule has 0 aromatic heterocycles. The molecule has 0 aliphatic heterocycles. The molecule has 0 saturated heterocycles. The van der Waals surface area contributed by atoms with Crippen molar-refractivity contribution in [2.75, 3.05) is 0 Å². The lowest BCUT2D eigenvalue weighted by atomic mass is 10.0. The Morgan fingerprint density at radius 2 is 1.69 bits per heavy atom. The third-order valence-corrected chi connectivity index (χ3v) is 1.61. The highest BCUT2D eigenvalue weighted by Gasteiger charge is 2.24. The molecule has 13 heavy (non-hydrogen) atoms. The van der Waals surface area contributed by atoms with Crippen molar-refractivity contribution in [3.05, 3.63) is 0 Å². The zero-order chi connectivity index (χ0) is 10.6. The maximum absolute atomic E-state index is 10.9. The maximum Gasteiger partial charge on any atom is 0.326 e. The first-order valence-electron chi connectivity index (χ1n) is 4.07. The Kier molecular flexibility index (Phi) is 4.40. The van der Waals surface area contributed by atoms with Gasteiger partial charge in [-0.05, 0) is 12.8 Å². The van der Waals surface area contributed by atoms with Gasteiger partial charge in [-0.15, -0.1) is 0 Å². The predicted molar refractivity (Wildman–Crippen MR) is 46.1 cm³/mol. The van der Waals surface area contributed by atoms with Gasteiger partial charge in [0, 0.05) is 0 Å². The zero-order valence-electron chi connectivity index (χ0n) is 7.94. The number of carbonyl (C=O) groups is 2. The summed E-state index contributed by atoms with van der Waals surface area (Å²) >= 11 is 0. The van der Waals surface area contributed by atoms with Crippen LogP contribution in [-0.2, 0) is 9.59 Å². The van der Waals surface area contributed by atoms with E-state index in [4.69, 9.17) is 10.2 Å². The van der Waals surface area contributed by atoms with Gasteiger partial charge >= 0.3 is 5.97 Å². The number of aliphatic carboxylic acids is 1. The molecule has 3 N–H and O–H groups in total. The van der Waals surface area contributed by atoms with Gasteiger partial charge in [-0.3, -0.25) is 4.79 Å². The van der Waals surface area contributed by atoms with Gasteiger partial charge in [-0.1, -0.05) is 13.8 Å². The largest absolute Gasteiger partial charge is 0.480 e. The molecule has 1 amide bonds. The lowest BCUT2D eigenvalue weighted by molar-refractivity contribution is -0.144. The fraction of sp³-hybridized carbons (Fsp3) is 0.750. The molecule has 0 radical (unpaired) electrons. The third-order valence-electron chi connectivity index (χ3n) is 1.61. The summed E-state index contributed by atoms with van der Waals surface area (Å²) in [6, 6.07) is -0.943. The van der Waals surface area contributed by atoms with Crippen LogP contribution in [0.3, 0.4) is 0 Å². The van der Waals surface area contributed by atoms with Crippen molar-refractivity contribution in [1.82, 2.24) is 5.32 Å². The van der Waals surface area contributed by atoms with Crippen molar-refractivity contribution in [2.45, 2.75) is 32.9 Å². The normalized spacial score (nSPS) is 15.2. The van der Waals surface area contributed by atoms with Crippen LogP contribution in [-0.4, -0.2) is 34.2 Å². The van der Waals surface area contributed by atoms with E-state index >= 15 is 0 Å². The molecule has 1 unspecified atom stereocenters. The number of hydrogen-bond donors (Lipinski definition) is 3. The van der Waals surface area contributed by atoms with Gasteiger partial charge in [-0.25, -0.2) is 4.79 Å². The van der Waals surface area contributed by atoms with Crippen LogP contribution in [0, 0.1) is 5.92 Å². The molecule has 0 rings (SSSR count). The number of carbonyl (C=O) groups excluding carboxylic acids is 1. The van der Waals surface area contributed by atoms with E-state index in [1.807, 2.05) is 0 Å². The van der Waals surface area contributed by atoms with Crippen LogP contribution in [0.5, 0.6) is 0 Å². The molecule has 0 saturated carbocycles. The number of carboxylic acid groups (broad SMARTS) is 1. The van der Waals surface area contributed by atoms with Crippen molar-refractivity contribution in [2.24, 2.45) is 5.92 Å². The van der Waals surface area contributed by atoms with Gasteiger partial charge in [0.15, 0.2) is 0 Å². The van der Waals surface area contributed by atoms with E-state index in [9.17, 15) is 9.59 Å². The predicted octanol–water partition coefficient (Wildman–Crippen LogP) is -0.407. The summed E-state index contributed by atoms with van der Waals surface area (Å²) in [4.78, 5) is 21.5. The minimum atomic E-state index is -1.18. The van der Waals surface area contributed by atoms with E-state index in [1.54, 1.807) is 13.8 Å². The monoisotopic (exact) mass is 189 g/mol. The standard InChI is InChI=1S/C8H15NO4/c1-4(2)6(8(12)13)9-7(11)5(3)10/h4-6,10H,1-3H3,(H,9,11)(H,12,13)/t5?,6-/m1/s1. The topological polar surface area (TPSA) is 86.6 Å². The maximum atomic E-state index is 10.9. The number of carboxylic acids is 1. The molecular formula is C8H15NO4. The summed E-state index contributed by atoms with van der Waals surface area (Å²) in [5.41, 5.74) is 0. The van der Waals surface area contributed by atoms with Gasteiger partial charge < -0.3 is 15.5 Å². The summed E-state index contributed by atoms with van der Waals surface area (Å²) in [5, 5.41) is 19.7. The molecule has 5 nitrogen and oxygen atoms in total. The number of aliphatic hydroxyl groups is 1. The summed E-state index contributed by atoms with van der Waals surface area (Å²) in [7, 11) is 0. The van der Waals surface area contributed by atoms with E-state index in [-0.39, 0.29) is 5.92 Å². The quantitative estimate of drug-likeness (QED) is 0.561. The molecule has 0 spiro atoms. The minimum Gasteiger partial charge on any atom is -0.480 e. The molecule has 0 fully saturated rings. The van der Waals surface area contributed by atoms with Crippen LogP contribution in [0.2, 0.25) is 0 Å². The van der Waals surface area contributed by atoms with Gasteiger partial charge in [0.2, 0.25) is 5.91 Å². The molecule has 0 aromatic rings. The lowest BCUT2D eigenvalue weighted by Gasteiger charge is -2.18. The Morgan fingerprint density at radius 3 is 1.92 bits per heavy atom. The second kappa shape index (κ2) is 4.81. The van der Waals surface area contributed by atoms with E-state index in [0.717, 1.165) is 0 Å². The Bertz CT molecular complexity index is 200. The van der Waals surface area contributed by atoms with Crippen molar-refractivity contribution in [3.63, 3.8) is 0 Å². The highest BCUT2D eigenvalue weighted by atomic mass is 16.4. The van der Waals surface area contributed by atoms with E-state index < -0.39 is 24.0 Å². The molecule has 5 heteroatoms. The van der Waals surface area contributed by atoms with Crippen molar-refractivity contribution >= 4 is 11.9 Å². The fourth-order valence-corrected chi connectivity index (χ4v) is 0.787. The second-order valence-corrected chi connectivity index (χ2v) is 3.24. The molecule has 0 bridgehead atoms. The Balaban J connectivity index is 4.27. The number of aliphatic hydroxyl groups excluding tert-OH is 1. The molecule has 0 heterocycles. The molecule has 0 aliphatic carbocycles. The van der Waals surface area contributed by atoms with E-state index in [2.05, 4.69) is 5.32 Å². The van der Waals surface area contributed by atoms with Gasteiger partial charge in [0.25, 0.3) is 0 Å². The minimum absolute atomic E-state index is 0.208. The highest BCUT2D eigenvalue weighted by Crippen LogP contribution is 2.01. The van der Waals surface area contributed by atoms with Gasteiger partial charge in [-0.2, -0.15) is 0 Å². The SMILES string of the molecule is CC(O)C(=O)N[C@@H](C(=O)O)C(C)C. The Labute approximate surface area is 76.8 Å². The zero-order valence-corrected chi connectivity index (χ0v) is 7.94. The molecule has 2 atom stereocenters. The number of nitrogens with one attached hydrogen (secondary N) is 1. The summed E-state index contributed by atoms with van der Waals surface area (Å²) in [5.74, 6) is -1.97. The Hall–Kier alpha value is -1.10. The smallest absolute Gasteiger partial charge is 0.326 e. The summed E-state index contributed by atoms with van der Waals surface area (Å²) in [6.45, 7) is 4.65. The van der Waals surface area contributed by atoms with E-state index in [1.165, 1.54) is 6.92 Å². The average Bonchev–Trinajstić information content (AvgIpc) is 1.97. The van der Waals surface area contributed by atoms with Gasteiger partial charge in [0.05, 0.1) is 0 Å². The Morgan fingerprint density at radius 1 is 1.23 bits per heavy atom. The van der Waals surface area contributed by atoms with Gasteiger partial charge in [0.1, 0.15) is 12.1 Å². The summed E-state index contributed by atoms with van der Waals surface area (Å²) in [6.07, 6.45) is -1.18. The molecule has 0 aromatic carbocycles.